The van der Waals surface area contributed by atoms with Gasteiger partial charge in [0.15, 0.2) is 0 Å². The number of likely N-dealkylation sites (tertiary alicyclic amines) is 1. The molecule has 3 rings (SSSR count). The fourth-order valence-corrected chi connectivity index (χ4v) is 4.66. The van der Waals surface area contributed by atoms with Crippen molar-refractivity contribution in [1.29, 1.82) is 0 Å². The monoisotopic (exact) mass is 380 g/mol. The molecule has 1 aromatic carbocycles. The number of ether oxygens (including phenoxy) is 1. The van der Waals surface area contributed by atoms with Crippen LogP contribution in [-0.4, -0.2) is 43.6 Å². The van der Waals surface area contributed by atoms with Gasteiger partial charge in [-0.1, -0.05) is 29.3 Å². The summed E-state index contributed by atoms with van der Waals surface area (Å²) in [6, 6.07) is 6.00. The molecule has 2 fully saturated rings. The number of rotatable bonds is 5. The van der Waals surface area contributed by atoms with Crippen LogP contribution in [0.3, 0.4) is 0 Å². The summed E-state index contributed by atoms with van der Waals surface area (Å²) in [4.78, 5) is 15.1. The number of carbonyl (C=O) groups excluding carboxylic acids is 1. The fraction of sp³-hybridized carbons (Fsp3) is 0.611. The van der Waals surface area contributed by atoms with E-state index < -0.39 is 0 Å². The largest absolute Gasteiger partial charge is 0.496 e. The molecule has 1 heterocycles. The zero-order valence-corrected chi connectivity index (χ0v) is 15.4. The minimum atomic E-state index is -0.0550. The highest BCUT2D eigenvalue weighted by molar-refractivity contribution is 9.10. The number of amides is 1. The number of hydrogen-bond donors (Lipinski definition) is 1. The lowest BCUT2D eigenvalue weighted by molar-refractivity contribution is 0.0932. The summed E-state index contributed by atoms with van der Waals surface area (Å²) in [5, 5.41) is 3.14. The topological polar surface area (TPSA) is 41.6 Å². The molecular formula is C18H25BrN2O2. The molecule has 1 saturated heterocycles. The van der Waals surface area contributed by atoms with Crippen LogP contribution < -0.4 is 10.1 Å². The van der Waals surface area contributed by atoms with Crippen LogP contribution in [0.4, 0.5) is 0 Å². The highest BCUT2D eigenvalue weighted by Crippen LogP contribution is 2.41. The van der Waals surface area contributed by atoms with E-state index >= 15 is 0 Å². The number of nitrogens with zero attached hydrogens (tertiary/aromatic N) is 1. The van der Waals surface area contributed by atoms with E-state index in [2.05, 4.69) is 33.1 Å². The first-order valence-electron chi connectivity index (χ1n) is 8.49. The maximum absolute atomic E-state index is 12.6. The predicted molar refractivity (Wildman–Crippen MR) is 94.9 cm³/mol. The van der Waals surface area contributed by atoms with Gasteiger partial charge in [-0.05, 0) is 49.4 Å². The second kappa shape index (κ2) is 7.22. The van der Waals surface area contributed by atoms with Crippen molar-refractivity contribution in [1.82, 2.24) is 10.2 Å². The number of likely N-dealkylation sites (N-methyl/N-ethyl adjacent to an activating group) is 1. The summed E-state index contributed by atoms with van der Waals surface area (Å²) < 4.78 is 6.20. The summed E-state index contributed by atoms with van der Waals surface area (Å²) in [5.74, 6) is 2.14. The van der Waals surface area contributed by atoms with Crippen LogP contribution in [0.1, 0.15) is 36.5 Å². The Hall–Kier alpha value is -1.07. The number of benzene rings is 1. The van der Waals surface area contributed by atoms with Gasteiger partial charge in [-0.15, -0.1) is 0 Å². The van der Waals surface area contributed by atoms with Crippen molar-refractivity contribution in [3.05, 3.63) is 28.2 Å². The Kier molecular flexibility index (Phi) is 5.27. The second-order valence-electron chi connectivity index (χ2n) is 6.56. The molecule has 126 valence electrons. The van der Waals surface area contributed by atoms with Crippen LogP contribution in [0, 0.1) is 11.8 Å². The molecule has 3 unspecified atom stereocenters. The second-order valence-corrected chi connectivity index (χ2v) is 7.48. The Labute approximate surface area is 146 Å². The summed E-state index contributed by atoms with van der Waals surface area (Å²) in [5.41, 5.74) is 0.589. The summed E-state index contributed by atoms with van der Waals surface area (Å²) in [7, 11) is 1.60. The van der Waals surface area contributed by atoms with Crippen molar-refractivity contribution >= 4 is 21.8 Å². The SMILES string of the molecule is CCN1CC2CCCC2C1CNC(=O)c1cc(Br)ccc1OC. The highest BCUT2D eigenvalue weighted by Gasteiger charge is 2.43. The first-order valence-corrected chi connectivity index (χ1v) is 9.29. The summed E-state index contributed by atoms with van der Waals surface area (Å²) >= 11 is 3.43. The van der Waals surface area contributed by atoms with Crippen molar-refractivity contribution in [2.45, 2.75) is 32.2 Å². The van der Waals surface area contributed by atoms with Gasteiger partial charge in [0.2, 0.25) is 0 Å². The quantitative estimate of drug-likeness (QED) is 0.851. The van der Waals surface area contributed by atoms with Crippen molar-refractivity contribution in [2.75, 3.05) is 26.7 Å². The van der Waals surface area contributed by atoms with Crippen LogP contribution in [0.25, 0.3) is 0 Å². The van der Waals surface area contributed by atoms with Gasteiger partial charge in [-0.2, -0.15) is 0 Å². The molecule has 5 heteroatoms. The third-order valence-electron chi connectivity index (χ3n) is 5.43. The van der Waals surface area contributed by atoms with Crippen molar-refractivity contribution in [3.63, 3.8) is 0 Å². The molecule has 0 bridgehead atoms. The number of halogens is 1. The minimum Gasteiger partial charge on any atom is -0.496 e. The Morgan fingerprint density at radius 1 is 1.43 bits per heavy atom. The van der Waals surface area contributed by atoms with Crippen LogP contribution in [0.2, 0.25) is 0 Å². The van der Waals surface area contributed by atoms with Gasteiger partial charge in [-0.25, -0.2) is 0 Å². The normalized spacial score (nSPS) is 27.0. The van der Waals surface area contributed by atoms with Crippen molar-refractivity contribution in [3.8, 4) is 5.75 Å². The van der Waals surface area contributed by atoms with E-state index in [0.717, 1.165) is 29.4 Å². The standard InChI is InChI=1S/C18H25BrN2O2/c1-3-21-11-12-5-4-6-14(12)16(21)10-20-18(22)15-9-13(19)7-8-17(15)23-2/h7-9,12,14,16H,3-6,10-11H2,1-2H3,(H,20,22). The first-order chi connectivity index (χ1) is 11.1. The molecule has 1 N–H and O–H groups in total. The summed E-state index contributed by atoms with van der Waals surface area (Å²) in [6.07, 6.45) is 4.00. The number of fused-ring (bicyclic) bond motifs is 1. The number of hydrogen-bond acceptors (Lipinski definition) is 3. The van der Waals surface area contributed by atoms with E-state index in [-0.39, 0.29) is 5.91 Å². The average molecular weight is 381 g/mol. The van der Waals surface area contributed by atoms with Crippen LogP contribution >= 0.6 is 15.9 Å². The van der Waals surface area contributed by atoms with Gasteiger partial charge in [0.05, 0.1) is 12.7 Å². The average Bonchev–Trinajstić information content (AvgIpc) is 3.13. The van der Waals surface area contributed by atoms with E-state index in [1.807, 2.05) is 18.2 Å². The Balaban J connectivity index is 1.68. The lowest BCUT2D eigenvalue weighted by Gasteiger charge is -2.27. The minimum absolute atomic E-state index is 0.0550. The molecule has 4 nitrogen and oxygen atoms in total. The molecule has 1 aromatic rings. The van der Waals surface area contributed by atoms with E-state index in [9.17, 15) is 4.79 Å². The van der Waals surface area contributed by atoms with Crippen molar-refractivity contribution in [2.24, 2.45) is 11.8 Å². The Morgan fingerprint density at radius 2 is 2.26 bits per heavy atom. The Bertz CT molecular complexity index is 578. The molecule has 1 aliphatic carbocycles. The van der Waals surface area contributed by atoms with Gasteiger partial charge in [0, 0.05) is 23.6 Å². The van der Waals surface area contributed by atoms with Crippen LogP contribution in [-0.2, 0) is 0 Å². The maximum atomic E-state index is 12.6. The molecule has 1 saturated carbocycles. The molecule has 23 heavy (non-hydrogen) atoms. The molecule has 1 amide bonds. The van der Waals surface area contributed by atoms with Crippen LogP contribution in [0.5, 0.6) is 5.75 Å². The van der Waals surface area contributed by atoms with E-state index in [1.54, 1.807) is 7.11 Å². The third-order valence-corrected chi connectivity index (χ3v) is 5.93. The number of carbonyl (C=O) groups is 1. The van der Waals surface area contributed by atoms with Gasteiger partial charge in [-0.3, -0.25) is 9.69 Å². The predicted octanol–water partition coefficient (Wildman–Crippen LogP) is 3.31. The molecule has 0 aromatic heterocycles. The number of nitrogens with one attached hydrogen (secondary N) is 1. The summed E-state index contributed by atoms with van der Waals surface area (Å²) in [6.45, 7) is 5.20. The molecule has 0 spiro atoms. The molecular weight excluding hydrogens is 356 g/mol. The third kappa shape index (κ3) is 3.41. The highest BCUT2D eigenvalue weighted by atomic mass is 79.9. The van der Waals surface area contributed by atoms with E-state index in [4.69, 9.17) is 4.74 Å². The van der Waals surface area contributed by atoms with E-state index in [0.29, 0.717) is 17.4 Å². The van der Waals surface area contributed by atoms with E-state index in [1.165, 1.54) is 25.8 Å². The number of methoxy groups -OCH3 is 1. The van der Waals surface area contributed by atoms with Crippen molar-refractivity contribution < 1.29 is 9.53 Å². The molecule has 0 radical (unpaired) electrons. The first kappa shape index (κ1) is 16.8. The molecule has 1 aliphatic heterocycles. The smallest absolute Gasteiger partial charge is 0.255 e. The lowest BCUT2D eigenvalue weighted by atomic mass is 9.94. The Morgan fingerprint density at radius 3 is 3.00 bits per heavy atom. The van der Waals surface area contributed by atoms with Gasteiger partial charge in [0.25, 0.3) is 5.91 Å². The molecule has 3 atom stereocenters. The van der Waals surface area contributed by atoms with Gasteiger partial charge >= 0.3 is 0 Å². The van der Waals surface area contributed by atoms with Gasteiger partial charge < -0.3 is 10.1 Å². The zero-order chi connectivity index (χ0) is 16.4. The maximum Gasteiger partial charge on any atom is 0.255 e. The molecule has 2 aliphatic rings. The fourth-order valence-electron chi connectivity index (χ4n) is 4.30. The lowest BCUT2D eigenvalue weighted by Crippen LogP contribution is -2.43. The van der Waals surface area contributed by atoms with Crippen LogP contribution in [0.15, 0.2) is 22.7 Å². The zero-order valence-electron chi connectivity index (χ0n) is 13.8. The van der Waals surface area contributed by atoms with Gasteiger partial charge in [0.1, 0.15) is 5.75 Å².